The van der Waals surface area contributed by atoms with Gasteiger partial charge in [-0.1, -0.05) is 13.8 Å². The number of nitrogens with two attached hydrogens (primary N) is 1. The van der Waals surface area contributed by atoms with Gasteiger partial charge in [-0.3, -0.25) is 0 Å². The van der Waals surface area contributed by atoms with Crippen LogP contribution in [0.1, 0.15) is 27.7 Å². The maximum atomic E-state index is 12.5. The minimum absolute atomic E-state index is 0.0651. The van der Waals surface area contributed by atoms with E-state index in [1.165, 1.54) is 6.92 Å². The highest BCUT2D eigenvalue weighted by atomic mass is 19.2. The topological polar surface area (TPSA) is 55.5 Å². The first-order valence-corrected chi connectivity index (χ1v) is 3.55. The smallest absolute Gasteiger partial charge is 0.316 e. The molecule has 0 aromatic rings. The number of aliphatic hydroxyl groups is 1. The molecule has 11 heavy (non-hydrogen) atoms. The predicted octanol–water partition coefficient (Wildman–Crippen LogP) is 0.969. The highest BCUT2D eigenvalue weighted by molar-refractivity contribution is 4.71. The van der Waals surface area contributed by atoms with Gasteiger partial charge in [-0.15, -0.1) is 0 Å². The van der Waals surface area contributed by atoms with Crippen LogP contribution < -0.4 is 5.73 Å². The van der Waals surface area contributed by atoms with Gasteiger partial charge in [0.15, 0.2) is 0 Å². The van der Waals surface area contributed by atoms with Crippen LogP contribution in [0, 0.1) is 5.92 Å². The Morgan fingerprint density at radius 3 is 1.91 bits per heavy atom. The molecule has 0 saturated carbocycles. The van der Waals surface area contributed by atoms with E-state index in [1.54, 1.807) is 13.8 Å². The van der Waals surface area contributed by atoms with Gasteiger partial charge in [-0.25, -0.2) is 0 Å². The van der Waals surface area contributed by atoms with E-state index in [9.17, 15) is 4.39 Å². The summed E-state index contributed by atoms with van der Waals surface area (Å²) in [5.74, 6) is -0.0651. The first kappa shape index (κ1) is 10.8. The van der Waals surface area contributed by atoms with Crippen LogP contribution in [0.2, 0.25) is 0 Å². The summed E-state index contributed by atoms with van der Waals surface area (Å²) in [5, 5.41) is 8.63. The average molecular weight is 165 g/mol. The highest BCUT2D eigenvalue weighted by Gasteiger charge is 2.33. The van der Waals surface area contributed by atoms with Gasteiger partial charge in [0, 0.05) is 6.92 Å². The standard InChI is InChI=1S/C7H16FNO2/c1-5(2)6(3,9)11-7(4,8)10/h5,10H,9H2,1-4H3. The quantitative estimate of drug-likeness (QED) is 0.613. The van der Waals surface area contributed by atoms with E-state index < -0.39 is 11.8 Å². The number of halogens is 1. The number of ether oxygens (including phenoxy) is 1. The van der Waals surface area contributed by atoms with Crippen molar-refractivity contribution in [2.45, 2.75) is 39.5 Å². The van der Waals surface area contributed by atoms with Gasteiger partial charge in [0.2, 0.25) is 0 Å². The Labute approximate surface area is 66.3 Å². The maximum absolute atomic E-state index is 12.5. The van der Waals surface area contributed by atoms with Crippen LogP contribution in [0.3, 0.4) is 0 Å². The summed E-state index contributed by atoms with van der Waals surface area (Å²) >= 11 is 0. The lowest BCUT2D eigenvalue weighted by molar-refractivity contribution is -0.329. The molecule has 68 valence electrons. The molecule has 2 atom stereocenters. The molecule has 0 bridgehead atoms. The first-order chi connectivity index (χ1) is 4.65. The lowest BCUT2D eigenvalue weighted by atomic mass is 10.0. The van der Waals surface area contributed by atoms with Crippen molar-refractivity contribution < 1.29 is 14.2 Å². The molecule has 0 saturated heterocycles. The van der Waals surface area contributed by atoms with Gasteiger partial charge in [-0.05, 0) is 12.8 Å². The van der Waals surface area contributed by atoms with Crippen LogP contribution in [0.25, 0.3) is 0 Å². The molecule has 0 rings (SSSR count). The van der Waals surface area contributed by atoms with E-state index in [4.69, 9.17) is 10.8 Å². The number of rotatable bonds is 3. The Kier molecular flexibility index (Phi) is 2.99. The second kappa shape index (κ2) is 3.05. The van der Waals surface area contributed by atoms with Crippen molar-refractivity contribution in [2.75, 3.05) is 0 Å². The van der Waals surface area contributed by atoms with E-state index in [0.717, 1.165) is 6.92 Å². The minimum atomic E-state index is -2.66. The second-order valence-electron chi connectivity index (χ2n) is 3.31. The highest BCUT2D eigenvalue weighted by Crippen LogP contribution is 2.21. The van der Waals surface area contributed by atoms with Gasteiger partial charge >= 0.3 is 6.04 Å². The monoisotopic (exact) mass is 165 g/mol. The van der Waals surface area contributed by atoms with Crippen LogP contribution in [0.15, 0.2) is 0 Å². The van der Waals surface area contributed by atoms with E-state index in [2.05, 4.69) is 4.74 Å². The Bertz CT molecular complexity index is 129. The zero-order valence-corrected chi connectivity index (χ0v) is 7.39. The Hall–Kier alpha value is -0.190. The molecular weight excluding hydrogens is 149 g/mol. The molecule has 0 aromatic heterocycles. The van der Waals surface area contributed by atoms with Crippen molar-refractivity contribution in [2.24, 2.45) is 11.7 Å². The lowest BCUT2D eigenvalue weighted by Crippen LogP contribution is -2.49. The fourth-order valence-electron chi connectivity index (χ4n) is 0.519. The van der Waals surface area contributed by atoms with Crippen LogP contribution in [0.5, 0.6) is 0 Å². The van der Waals surface area contributed by atoms with Crippen LogP contribution >= 0.6 is 0 Å². The number of hydrogen-bond acceptors (Lipinski definition) is 3. The summed E-state index contributed by atoms with van der Waals surface area (Å²) in [6.07, 6.45) is 0. The molecule has 0 aliphatic rings. The first-order valence-electron chi connectivity index (χ1n) is 3.55. The third kappa shape index (κ3) is 4.29. The van der Waals surface area contributed by atoms with Crippen molar-refractivity contribution >= 4 is 0 Å². The summed E-state index contributed by atoms with van der Waals surface area (Å²) < 4.78 is 17.1. The summed E-state index contributed by atoms with van der Waals surface area (Å²) in [5.41, 5.74) is 4.38. The summed E-state index contributed by atoms with van der Waals surface area (Å²) in [6, 6.07) is -2.66. The molecule has 0 fully saturated rings. The maximum Gasteiger partial charge on any atom is 0.316 e. The van der Waals surface area contributed by atoms with E-state index in [0.29, 0.717) is 0 Å². The van der Waals surface area contributed by atoms with Crippen molar-refractivity contribution in [3.8, 4) is 0 Å². The second-order valence-corrected chi connectivity index (χ2v) is 3.31. The molecule has 0 aliphatic carbocycles. The SMILES string of the molecule is CC(C)C(C)(N)OC(C)(O)F. The van der Waals surface area contributed by atoms with E-state index >= 15 is 0 Å². The van der Waals surface area contributed by atoms with Crippen molar-refractivity contribution in [1.82, 2.24) is 0 Å². The largest absolute Gasteiger partial charge is 0.340 e. The van der Waals surface area contributed by atoms with Gasteiger partial charge in [-0.2, -0.15) is 4.39 Å². The van der Waals surface area contributed by atoms with Crippen LogP contribution in [-0.2, 0) is 4.74 Å². The molecule has 0 aromatic carbocycles. The fourth-order valence-corrected chi connectivity index (χ4v) is 0.519. The summed E-state index contributed by atoms with van der Waals surface area (Å²) in [4.78, 5) is 0. The van der Waals surface area contributed by atoms with Gasteiger partial charge in [0.1, 0.15) is 5.72 Å². The van der Waals surface area contributed by atoms with Crippen molar-refractivity contribution in [3.63, 3.8) is 0 Å². The molecule has 4 heteroatoms. The molecule has 0 heterocycles. The average Bonchev–Trinajstić information content (AvgIpc) is 1.56. The number of alkyl halides is 1. The molecule has 0 radical (unpaired) electrons. The third-order valence-electron chi connectivity index (χ3n) is 1.55. The third-order valence-corrected chi connectivity index (χ3v) is 1.55. The zero-order valence-electron chi connectivity index (χ0n) is 7.39. The Morgan fingerprint density at radius 1 is 1.45 bits per heavy atom. The van der Waals surface area contributed by atoms with Gasteiger partial charge < -0.3 is 15.6 Å². The normalized spacial score (nSPS) is 22.9. The van der Waals surface area contributed by atoms with Gasteiger partial charge in [0.25, 0.3) is 0 Å². The van der Waals surface area contributed by atoms with Crippen LogP contribution in [-0.4, -0.2) is 16.9 Å². The van der Waals surface area contributed by atoms with Crippen molar-refractivity contribution in [1.29, 1.82) is 0 Å². The van der Waals surface area contributed by atoms with E-state index in [-0.39, 0.29) is 5.92 Å². The van der Waals surface area contributed by atoms with Crippen LogP contribution in [0.4, 0.5) is 4.39 Å². The molecule has 3 N–H and O–H groups in total. The lowest BCUT2D eigenvalue weighted by Gasteiger charge is -2.32. The molecule has 3 nitrogen and oxygen atoms in total. The minimum Gasteiger partial charge on any atom is -0.340 e. The molecule has 2 unspecified atom stereocenters. The summed E-state index contributed by atoms with van der Waals surface area (Å²) in [6.45, 7) is 5.99. The van der Waals surface area contributed by atoms with Crippen molar-refractivity contribution in [3.05, 3.63) is 0 Å². The van der Waals surface area contributed by atoms with Gasteiger partial charge in [0.05, 0.1) is 0 Å². The summed E-state index contributed by atoms with van der Waals surface area (Å²) in [7, 11) is 0. The number of hydrogen-bond donors (Lipinski definition) is 2. The predicted molar refractivity (Wildman–Crippen MR) is 40.2 cm³/mol. The zero-order chi connectivity index (χ0) is 9.28. The fraction of sp³-hybridized carbons (Fsp3) is 1.00. The molecular formula is C7H16FNO2. The molecule has 0 aliphatic heterocycles. The van der Waals surface area contributed by atoms with E-state index in [1.807, 2.05) is 0 Å². The Balaban J connectivity index is 4.13. The Morgan fingerprint density at radius 2 is 1.82 bits per heavy atom. The molecule has 0 amide bonds. The molecule has 0 spiro atoms.